The number of ketones is 1. The lowest BCUT2D eigenvalue weighted by atomic mass is 10.2. The lowest BCUT2D eigenvalue weighted by Gasteiger charge is -2.01. The van der Waals surface area contributed by atoms with E-state index in [-0.39, 0.29) is 12.2 Å². The van der Waals surface area contributed by atoms with Crippen molar-refractivity contribution in [3.8, 4) is 5.88 Å². The Hall–Kier alpha value is -1.91. The Labute approximate surface area is 87.0 Å². The van der Waals surface area contributed by atoms with E-state index in [2.05, 4.69) is 9.72 Å². The minimum absolute atomic E-state index is 0.175. The average Bonchev–Trinajstić information content (AvgIpc) is 2.28. The fourth-order valence-electron chi connectivity index (χ4n) is 0.950. The van der Waals surface area contributed by atoms with E-state index in [9.17, 15) is 9.59 Å². The van der Waals surface area contributed by atoms with Crippen molar-refractivity contribution in [3.05, 3.63) is 23.9 Å². The molecule has 1 heterocycles. The molecule has 0 spiro atoms. The van der Waals surface area contributed by atoms with E-state index < -0.39 is 11.8 Å². The van der Waals surface area contributed by atoms with Crippen LogP contribution in [0, 0.1) is 0 Å². The summed E-state index contributed by atoms with van der Waals surface area (Å²) in [5.74, 6) is -1.19. The number of nitrogens with zero attached hydrogens (tertiary/aromatic N) is 1. The molecule has 0 amide bonds. The number of esters is 1. The van der Waals surface area contributed by atoms with Crippen molar-refractivity contribution in [1.29, 1.82) is 0 Å². The van der Waals surface area contributed by atoms with E-state index in [1.165, 1.54) is 25.4 Å². The molecule has 0 aromatic carbocycles. The Bertz CT molecular complexity index is 358. The second-order valence-electron chi connectivity index (χ2n) is 2.64. The predicted molar refractivity (Wildman–Crippen MR) is 51.8 cm³/mol. The van der Waals surface area contributed by atoms with E-state index in [4.69, 9.17) is 4.74 Å². The smallest absolute Gasteiger partial charge is 0.379 e. The zero-order chi connectivity index (χ0) is 11.3. The van der Waals surface area contributed by atoms with Crippen LogP contribution in [-0.2, 0) is 9.53 Å². The third-order valence-corrected chi connectivity index (χ3v) is 1.67. The van der Waals surface area contributed by atoms with Crippen LogP contribution in [0.15, 0.2) is 18.3 Å². The topological polar surface area (TPSA) is 65.5 Å². The molecule has 15 heavy (non-hydrogen) atoms. The molecule has 0 aliphatic carbocycles. The molecule has 0 radical (unpaired) electrons. The minimum atomic E-state index is -0.871. The number of ether oxygens (including phenoxy) is 2. The molecule has 1 rings (SSSR count). The van der Waals surface area contributed by atoms with Gasteiger partial charge in [0, 0.05) is 17.8 Å². The SMILES string of the molecule is CCOC(=O)C(=O)c1ccc(OC)nc1. The zero-order valence-corrected chi connectivity index (χ0v) is 8.52. The van der Waals surface area contributed by atoms with Crippen molar-refractivity contribution in [2.24, 2.45) is 0 Å². The van der Waals surface area contributed by atoms with Crippen LogP contribution in [0.3, 0.4) is 0 Å². The summed E-state index contributed by atoms with van der Waals surface area (Å²) in [5, 5.41) is 0. The van der Waals surface area contributed by atoms with Crippen LogP contribution < -0.4 is 4.74 Å². The number of rotatable bonds is 4. The molecule has 0 fully saturated rings. The summed E-state index contributed by atoms with van der Waals surface area (Å²) in [6, 6.07) is 2.97. The summed E-state index contributed by atoms with van der Waals surface area (Å²) in [6.07, 6.45) is 1.28. The highest BCUT2D eigenvalue weighted by molar-refractivity contribution is 6.40. The summed E-state index contributed by atoms with van der Waals surface area (Å²) in [4.78, 5) is 26.3. The monoisotopic (exact) mass is 209 g/mol. The third kappa shape index (κ3) is 2.77. The number of carbonyl (C=O) groups excluding carboxylic acids is 2. The van der Waals surface area contributed by atoms with Crippen LogP contribution in [0.4, 0.5) is 0 Å². The Morgan fingerprint density at radius 1 is 1.40 bits per heavy atom. The standard InChI is InChI=1S/C10H11NO4/c1-3-15-10(13)9(12)7-4-5-8(14-2)11-6-7/h4-6H,3H2,1-2H3. The Balaban J connectivity index is 2.78. The zero-order valence-electron chi connectivity index (χ0n) is 8.52. The molecule has 0 unspecified atom stereocenters. The highest BCUT2D eigenvalue weighted by Crippen LogP contribution is 2.07. The van der Waals surface area contributed by atoms with Gasteiger partial charge in [-0.1, -0.05) is 0 Å². The van der Waals surface area contributed by atoms with Gasteiger partial charge in [0.2, 0.25) is 5.88 Å². The second kappa shape index (κ2) is 5.09. The van der Waals surface area contributed by atoms with Gasteiger partial charge in [0.25, 0.3) is 5.78 Å². The Kier molecular flexibility index (Phi) is 3.79. The van der Waals surface area contributed by atoms with E-state index >= 15 is 0 Å². The number of pyridine rings is 1. The van der Waals surface area contributed by atoms with E-state index in [1.807, 2.05) is 0 Å². The summed E-state index contributed by atoms with van der Waals surface area (Å²) in [5.41, 5.74) is 0.189. The molecule has 1 aromatic heterocycles. The summed E-state index contributed by atoms with van der Waals surface area (Å²) in [6.45, 7) is 1.81. The fraction of sp³-hybridized carbons (Fsp3) is 0.300. The van der Waals surface area contributed by atoms with E-state index in [0.717, 1.165) is 0 Å². The van der Waals surface area contributed by atoms with Gasteiger partial charge in [0.15, 0.2) is 0 Å². The first-order chi connectivity index (χ1) is 7.19. The summed E-state index contributed by atoms with van der Waals surface area (Å²) >= 11 is 0. The van der Waals surface area contributed by atoms with Gasteiger partial charge >= 0.3 is 5.97 Å². The van der Waals surface area contributed by atoms with Crippen LogP contribution in [0.2, 0.25) is 0 Å². The highest BCUT2D eigenvalue weighted by Gasteiger charge is 2.17. The maximum atomic E-state index is 11.4. The minimum Gasteiger partial charge on any atom is -0.481 e. The number of aromatic nitrogens is 1. The molecule has 0 atom stereocenters. The molecule has 0 saturated carbocycles. The first kappa shape index (κ1) is 11.2. The Morgan fingerprint density at radius 3 is 2.60 bits per heavy atom. The number of hydrogen-bond donors (Lipinski definition) is 0. The normalized spacial score (nSPS) is 9.47. The van der Waals surface area contributed by atoms with Gasteiger partial charge in [0.1, 0.15) is 0 Å². The maximum Gasteiger partial charge on any atom is 0.379 e. The van der Waals surface area contributed by atoms with Crippen molar-refractivity contribution in [3.63, 3.8) is 0 Å². The largest absolute Gasteiger partial charge is 0.481 e. The molecular formula is C10H11NO4. The van der Waals surface area contributed by atoms with Gasteiger partial charge in [-0.05, 0) is 13.0 Å². The summed E-state index contributed by atoms with van der Waals surface area (Å²) < 4.78 is 9.39. The fourth-order valence-corrected chi connectivity index (χ4v) is 0.950. The van der Waals surface area contributed by atoms with Crippen LogP contribution in [-0.4, -0.2) is 30.5 Å². The molecule has 5 nitrogen and oxygen atoms in total. The molecule has 0 aliphatic rings. The molecule has 0 aliphatic heterocycles. The summed E-state index contributed by atoms with van der Waals surface area (Å²) in [7, 11) is 1.47. The molecular weight excluding hydrogens is 198 g/mol. The number of hydrogen-bond acceptors (Lipinski definition) is 5. The molecule has 5 heteroatoms. The molecule has 0 bridgehead atoms. The van der Waals surface area contributed by atoms with E-state index in [0.29, 0.717) is 5.88 Å². The Morgan fingerprint density at radius 2 is 2.13 bits per heavy atom. The third-order valence-electron chi connectivity index (χ3n) is 1.67. The van der Waals surface area contributed by atoms with Gasteiger partial charge in [-0.2, -0.15) is 0 Å². The second-order valence-corrected chi connectivity index (χ2v) is 2.64. The van der Waals surface area contributed by atoms with Crippen LogP contribution >= 0.6 is 0 Å². The van der Waals surface area contributed by atoms with Crippen LogP contribution in [0.25, 0.3) is 0 Å². The quantitative estimate of drug-likeness (QED) is 0.417. The lowest BCUT2D eigenvalue weighted by Crippen LogP contribution is -2.17. The van der Waals surface area contributed by atoms with Crippen molar-refractivity contribution in [1.82, 2.24) is 4.98 Å². The number of methoxy groups -OCH3 is 1. The molecule has 0 N–H and O–H groups in total. The van der Waals surface area contributed by atoms with Crippen molar-refractivity contribution in [2.75, 3.05) is 13.7 Å². The van der Waals surface area contributed by atoms with E-state index in [1.54, 1.807) is 6.92 Å². The first-order valence-corrected chi connectivity index (χ1v) is 4.40. The maximum absolute atomic E-state index is 11.4. The van der Waals surface area contributed by atoms with Gasteiger partial charge in [-0.15, -0.1) is 0 Å². The first-order valence-electron chi connectivity index (χ1n) is 4.40. The highest BCUT2D eigenvalue weighted by atomic mass is 16.5. The average molecular weight is 209 g/mol. The molecule has 80 valence electrons. The molecule has 0 saturated heterocycles. The van der Waals surface area contributed by atoms with Gasteiger partial charge < -0.3 is 9.47 Å². The lowest BCUT2D eigenvalue weighted by molar-refractivity contribution is -0.137. The van der Waals surface area contributed by atoms with Crippen molar-refractivity contribution >= 4 is 11.8 Å². The molecule has 1 aromatic rings. The number of carbonyl (C=O) groups is 2. The van der Waals surface area contributed by atoms with Crippen molar-refractivity contribution < 1.29 is 19.1 Å². The van der Waals surface area contributed by atoms with Gasteiger partial charge in [-0.25, -0.2) is 9.78 Å². The van der Waals surface area contributed by atoms with Crippen molar-refractivity contribution in [2.45, 2.75) is 6.92 Å². The number of Topliss-reactive ketones (excluding diaryl/α,β-unsaturated/α-hetero) is 1. The predicted octanol–water partition coefficient (Wildman–Crippen LogP) is 0.836. The van der Waals surface area contributed by atoms with Gasteiger partial charge in [-0.3, -0.25) is 4.79 Å². The van der Waals surface area contributed by atoms with Gasteiger partial charge in [0.05, 0.1) is 13.7 Å². The van der Waals surface area contributed by atoms with Crippen LogP contribution in [0.1, 0.15) is 17.3 Å². The van der Waals surface area contributed by atoms with Crippen LogP contribution in [0.5, 0.6) is 5.88 Å².